The van der Waals surface area contributed by atoms with Crippen molar-refractivity contribution in [1.29, 1.82) is 0 Å². The molecular weight excluding hydrogens is 288 g/mol. The van der Waals surface area contributed by atoms with Crippen LogP contribution in [-0.2, 0) is 0 Å². The number of nitrogens with one attached hydrogen (secondary N) is 1. The van der Waals surface area contributed by atoms with E-state index in [1.54, 1.807) is 30.5 Å². The van der Waals surface area contributed by atoms with E-state index in [1.807, 2.05) is 19.1 Å². The lowest BCUT2D eigenvalue weighted by Gasteiger charge is -2.16. The third-order valence-electron chi connectivity index (χ3n) is 3.53. The molecule has 3 aromatic rings. The fourth-order valence-electron chi connectivity index (χ4n) is 2.51. The maximum Gasteiger partial charge on any atom is 0.128 e. The monoisotopic (exact) mass is 303 g/mol. The van der Waals surface area contributed by atoms with E-state index in [9.17, 15) is 8.78 Å². The Hall–Kier alpha value is -1.78. The van der Waals surface area contributed by atoms with E-state index in [-0.39, 0.29) is 17.7 Å². The third-order valence-corrected chi connectivity index (χ3v) is 4.71. The summed E-state index contributed by atoms with van der Waals surface area (Å²) in [6, 6.07) is 11.5. The molecular formula is C17H15F2NS. The van der Waals surface area contributed by atoms with Gasteiger partial charge in [0.15, 0.2) is 0 Å². The van der Waals surface area contributed by atoms with Gasteiger partial charge in [-0.15, -0.1) is 11.3 Å². The van der Waals surface area contributed by atoms with Gasteiger partial charge in [0.1, 0.15) is 11.6 Å². The number of rotatable bonds is 3. The largest absolute Gasteiger partial charge is 0.309 e. The summed E-state index contributed by atoms with van der Waals surface area (Å²) in [5.41, 5.74) is 1.63. The van der Waals surface area contributed by atoms with E-state index in [4.69, 9.17) is 0 Å². The zero-order valence-electron chi connectivity index (χ0n) is 11.8. The molecule has 3 rings (SSSR count). The first-order valence-electron chi connectivity index (χ1n) is 6.71. The van der Waals surface area contributed by atoms with Crippen molar-refractivity contribution in [2.45, 2.75) is 13.0 Å². The molecule has 0 radical (unpaired) electrons. The predicted molar refractivity (Wildman–Crippen MR) is 83.8 cm³/mol. The highest BCUT2D eigenvalue weighted by atomic mass is 32.1. The minimum absolute atomic E-state index is 0.231. The molecule has 21 heavy (non-hydrogen) atoms. The molecule has 1 heterocycles. The molecule has 4 heteroatoms. The van der Waals surface area contributed by atoms with E-state index in [1.165, 1.54) is 18.2 Å². The standard InChI is InChI=1S/C17H15F2NS/c1-10-3-5-14(19)13(7-10)17(20-2)16-9-11-8-12(18)4-6-15(11)21-16/h3-9,17,20H,1-2H3. The molecule has 0 bridgehead atoms. The van der Waals surface area contributed by atoms with Gasteiger partial charge >= 0.3 is 0 Å². The molecule has 0 aliphatic heterocycles. The number of benzene rings is 2. The third kappa shape index (κ3) is 2.69. The van der Waals surface area contributed by atoms with Gasteiger partial charge in [0, 0.05) is 15.1 Å². The lowest BCUT2D eigenvalue weighted by atomic mass is 10.0. The molecule has 0 aliphatic carbocycles. The van der Waals surface area contributed by atoms with Crippen molar-refractivity contribution >= 4 is 21.4 Å². The van der Waals surface area contributed by atoms with Crippen LogP contribution in [0.15, 0.2) is 42.5 Å². The first kappa shape index (κ1) is 14.2. The average Bonchev–Trinajstić information content (AvgIpc) is 2.86. The molecule has 0 spiro atoms. The molecule has 1 nitrogen and oxygen atoms in total. The fourth-order valence-corrected chi connectivity index (χ4v) is 3.69. The Labute approximate surface area is 126 Å². The first-order valence-corrected chi connectivity index (χ1v) is 7.52. The van der Waals surface area contributed by atoms with E-state index in [0.717, 1.165) is 20.5 Å². The van der Waals surface area contributed by atoms with Crippen molar-refractivity contribution in [2.75, 3.05) is 7.05 Å². The smallest absolute Gasteiger partial charge is 0.128 e. The van der Waals surface area contributed by atoms with Gasteiger partial charge in [-0.05, 0) is 49.7 Å². The topological polar surface area (TPSA) is 12.0 Å². The normalized spacial score (nSPS) is 12.8. The summed E-state index contributed by atoms with van der Waals surface area (Å²) in [6.45, 7) is 1.94. The highest BCUT2D eigenvalue weighted by Gasteiger charge is 2.18. The number of hydrogen-bond donors (Lipinski definition) is 1. The number of thiophene rings is 1. The molecule has 0 fully saturated rings. The van der Waals surface area contributed by atoms with Gasteiger partial charge in [0.05, 0.1) is 6.04 Å². The SMILES string of the molecule is CNC(c1cc2cc(F)ccc2s1)c1cc(C)ccc1F. The lowest BCUT2D eigenvalue weighted by Crippen LogP contribution is -2.18. The first-order chi connectivity index (χ1) is 10.1. The molecule has 108 valence electrons. The Morgan fingerprint density at radius 1 is 1.05 bits per heavy atom. The van der Waals surface area contributed by atoms with Crippen LogP contribution in [0.2, 0.25) is 0 Å². The summed E-state index contributed by atoms with van der Waals surface area (Å²) >= 11 is 1.55. The van der Waals surface area contributed by atoms with Gasteiger partial charge in [-0.2, -0.15) is 0 Å². The second-order valence-corrected chi connectivity index (χ2v) is 6.19. The summed E-state index contributed by atoms with van der Waals surface area (Å²) in [4.78, 5) is 0.975. The summed E-state index contributed by atoms with van der Waals surface area (Å²) in [5, 5.41) is 4.01. The Kier molecular flexibility index (Phi) is 3.74. The number of hydrogen-bond acceptors (Lipinski definition) is 2. The highest BCUT2D eigenvalue weighted by molar-refractivity contribution is 7.19. The Morgan fingerprint density at radius 3 is 2.62 bits per heavy atom. The highest BCUT2D eigenvalue weighted by Crippen LogP contribution is 2.34. The van der Waals surface area contributed by atoms with Crippen molar-refractivity contribution in [3.8, 4) is 0 Å². The second kappa shape index (κ2) is 5.54. The lowest BCUT2D eigenvalue weighted by molar-refractivity contribution is 0.578. The van der Waals surface area contributed by atoms with Gasteiger partial charge in [-0.3, -0.25) is 0 Å². The maximum atomic E-state index is 14.1. The van der Waals surface area contributed by atoms with Crippen LogP contribution in [0, 0.1) is 18.6 Å². The van der Waals surface area contributed by atoms with Gasteiger partial charge in [0.25, 0.3) is 0 Å². The molecule has 1 aromatic heterocycles. The van der Waals surface area contributed by atoms with Crippen molar-refractivity contribution < 1.29 is 8.78 Å². The Morgan fingerprint density at radius 2 is 1.86 bits per heavy atom. The van der Waals surface area contributed by atoms with Crippen LogP contribution in [0.25, 0.3) is 10.1 Å². The summed E-state index contributed by atoms with van der Waals surface area (Å²) < 4.78 is 28.4. The average molecular weight is 303 g/mol. The van der Waals surface area contributed by atoms with Crippen LogP contribution in [0.4, 0.5) is 8.78 Å². The molecule has 1 atom stereocenters. The summed E-state index contributed by atoms with van der Waals surface area (Å²) in [7, 11) is 1.80. The number of fused-ring (bicyclic) bond motifs is 1. The molecule has 0 amide bonds. The van der Waals surface area contributed by atoms with Crippen LogP contribution in [0.3, 0.4) is 0 Å². The van der Waals surface area contributed by atoms with Crippen molar-refractivity contribution in [2.24, 2.45) is 0 Å². The van der Waals surface area contributed by atoms with E-state index in [2.05, 4.69) is 5.32 Å². The number of aryl methyl sites for hydroxylation is 1. The van der Waals surface area contributed by atoms with Gasteiger partial charge in [0.2, 0.25) is 0 Å². The zero-order chi connectivity index (χ0) is 15.0. The molecule has 2 aromatic carbocycles. The van der Waals surface area contributed by atoms with Crippen molar-refractivity contribution in [1.82, 2.24) is 5.32 Å². The molecule has 1 unspecified atom stereocenters. The van der Waals surface area contributed by atoms with E-state index in [0.29, 0.717) is 5.56 Å². The van der Waals surface area contributed by atoms with Crippen LogP contribution in [0.1, 0.15) is 22.0 Å². The molecule has 1 N–H and O–H groups in total. The van der Waals surface area contributed by atoms with E-state index >= 15 is 0 Å². The summed E-state index contributed by atoms with van der Waals surface area (Å²) in [6.07, 6.45) is 0. The van der Waals surface area contributed by atoms with E-state index < -0.39 is 0 Å². The fraction of sp³-hybridized carbons (Fsp3) is 0.176. The van der Waals surface area contributed by atoms with Crippen molar-refractivity contribution in [3.05, 3.63) is 70.1 Å². The van der Waals surface area contributed by atoms with Gasteiger partial charge < -0.3 is 5.32 Å². The Bertz CT molecular complexity index is 795. The van der Waals surface area contributed by atoms with Gasteiger partial charge in [-0.25, -0.2) is 8.78 Å². The van der Waals surface area contributed by atoms with Crippen LogP contribution >= 0.6 is 11.3 Å². The Balaban J connectivity index is 2.11. The second-order valence-electron chi connectivity index (χ2n) is 5.08. The molecule has 0 saturated heterocycles. The van der Waals surface area contributed by atoms with Crippen LogP contribution in [0.5, 0.6) is 0 Å². The number of halogens is 2. The maximum absolute atomic E-state index is 14.1. The summed E-state index contributed by atoms with van der Waals surface area (Å²) in [5.74, 6) is -0.488. The zero-order valence-corrected chi connectivity index (χ0v) is 12.6. The molecule has 0 aliphatic rings. The minimum atomic E-state index is -0.255. The minimum Gasteiger partial charge on any atom is -0.309 e. The van der Waals surface area contributed by atoms with Crippen LogP contribution in [-0.4, -0.2) is 7.05 Å². The van der Waals surface area contributed by atoms with Gasteiger partial charge in [-0.1, -0.05) is 17.7 Å². The predicted octanol–water partition coefficient (Wildman–Crippen LogP) is 4.80. The quantitative estimate of drug-likeness (QED) is 0.733. The van der Waals surface area contributed by atoms with Crippen molar-refractivity contribution in [3.63, 3.8) is 0 Å². The molecule has 0 saturated carbocycles. The van der Waals surface area contributed by atoms with Crippen LogP contribution < -0.4 is 5.32 Å².